The van der Waals surface area contributed by atoms with E-state index in [1.165, 1.54) is 12.8 Å². The van der Waals surface area contributed by atoms with Gasteiger partial charge in [-0.15, -0.1) is 0 Å². The Labute approximate surface area is 134 Å². The Hall–Kier alpha value is -1.75. The molecule has 5 heteroatoms. The van der Waals surface area contributed by atoms with Gasteiger partial charge in [-0.05, 0) is 31.2 Å². The van der Waals surface area contributed by atoms with E-state index in [1.807, 2.05) is 42.7 Å². The number of carbonyl (C=O) groups is 1. The third kappa shape index (κ3) is 3.04. The summed E-state index contributed by atoms with van der Waals surface area (Å²) in [5.74, 6) is 0.101. The molecule has 2 aromatic rings. The summed E-state index contributed by atoms with van der Waals surface area (Å²) in [5.41, 5.74) is 1.04. The van der Waals surface area contributed by atoms with Gasteiger partial charge in [0.1, 0.15) is 5.25 Å². The third-order valence-corrected chi connectivity index (χ3v) is 5.31. The lowest BCUT2D eigenvalue weighted by atomic mass is 10.1. The smallest absolute Gasteiger partial charge is 0.238 e. The predicted octanol–water partition coefficient (Wildman–Crippen LogP) is 3.33. The number of rotatable bonds is 6. The fourth-order valence-corrected chi connectivity index (χ4v) is 3.66. The summed E-state index contributed by atoms with van der Waals surface area (Å²) in [6.07, 6.45) is 8.51. The van der Waals surface area contributed by atoms with Crippen molar-refractivity contribution in [1.82, 2.24) is 14.9 Å². The minimum atomic E-state index is -0.235. The molecule has 1 aromatic heterocycles. The standard InChI is InChI=1S/C17H19N3OS/c21-16(19-13-6-7-13)15(12-4-2-1-3-5-12)22-17-18-10-11-20(17)14-8-9-14/h1-5,10-11,13-15H,6-9H2,(H,19,21)/t15-/m1/s1. The van der Waals surface area contributed by atoms with Crippen molar-refractivity contribution in [3.8, 4) is 0 Å². The van der Waals surface area contributed by atoms with Gasteiger partial charge in [0.2, 0.25) is 5.91 Å². The Kier molecular flexibility index (Phi) is 3.66. The molecule has 1 N–H and O–H groups in total. The van der Waals surface area contributed by atoms with Crippen LogP contribution in [0.3, 0.4) is 0 Å². The molecule has 2 fully saturated rings. The van der Waals surface area contributed by atoms with E-state index in [-0.39, 0.29) is 11.2 Å². The molecule has 4 rings (SSSR count). The number of hydrogen-bond acceptors (Lipinski definition) is 3. The Morgan fingerprint density at radius 1 is 1.23 bits per heavy atom. The van der Waals surface area contributed by atoms with Crippen molar-refractivity contribution in [2.75, 3.05) is 0 Å². The zero-order valence-corrected chi connectivity index (χ0v) is 13.1. The van der Waals surface area contributed by atoms with Gasteiger partial charge in [0.05, 0.1) is 0 Å². The molecule has 0 radical (unpaired) electrons. The number of aromatic nitrogens is 2. The molecule has 2 saturated carbocycles. The van der Waals surface area contributed by atoms with Crippen LogP contribution in [0, 0.1) is 0 Å². The number of hydrogen-bond donors (Lipinski definition) is 1. The monoisotopic (exact) mass is 313 g/mol. The molecule has 2 aliphatic carbocycles. The zero-order chi connectivity index (χ0) is 14.9. The summed E-state index contributed by atoms with van der Waals surface area (Å²) >= 11 is 1.56. The van der Waals surface area contributed by atoms with Gasteiger partial charge < -0.3 is 9.88 Å². The molecule has 1 heterocycles. The van der Waals surface area contributed by atoms with Crippen LogP contribution < -0.4 is 5.32 Å². The number of benzene rings is 1. The van der Waals surface area contributed by atoms with Crippen molar-refractivity contribution in [1.29, 1.82) is 0 Å². The summed E-state index contributed by atoms with van der Waals surface area (Å²) in [5, 5.41) is 3.84. The van der Waals surface area contributed by atoms with Crippen LogP contribution in [0.4, 0.5) is 0 Å². The molecule has 1 amide bonds. The van der Waals surface area contributed by atoms with Crippen molar-refractivity contribution in [3.63, 3.8) is 0 Å². The van der Waals surface area contributed by atoms with Crippen LogP contribution in [0.15, 0.2) is 47.9 Å². The number of thioether (sulfide) groups is 1. The molecule has 1 atom stereocenters. The summed E-state index contributed by atoms with van der Waals surface area (Å²) in [4.78, 5) is 17.1. The largest absolute Gasteiger partial charge is 0.352 e. The van der Waals surface area contributed by atoms with Crippen molar-refractivity contribution >= 4 is 17.7 Å². The Morgan fingerprint density at radius 3 is 2.68 bits per heavy atom. The Morgan fingerprint density at radius 2 is 2.00 bits per heavy atom. The first-order valence-corrected chi connectivity index (χ1v) is 8.74. The third-order valence-electron chi connectivity index (χ3n) is 4.06. The summed E-state index contributed by atoms with van der Waals surface area (Å²) in [6, 6.07) is 11.0. The van der Waals surface area contributed by atoms with Gasteiger partial charge in [-0.3, -0.25) is 4.79 Å². The quantitative estimate of drug-likeness (QED) is 0.832. The maximum Gasteiger partial charge on any atom is 0.238 e. The Bertz CT molecular complexity index is 662. The molecule has 0 saturated heterocycles. The minimum absolute atomic E-state index is 0.101. The van der Waals surface area contributed by atoms with E-state index in [0.717, 1.165) is 23.6 Å². The summed E-state index contributed by atoms with van der Waals surface area (Å²) < 4.78 is 2.21. The molecule has 4 nitrogen and oxygen atoms in total. The van der Waals surface area contributed by atoms with Crippen LogP contribution in [-0.4, -0.2) is 21.5 Å². The zero-order valence-electron chi connectivity index (χ0n) is 12.3. The van der Waals surface area contributed by atoms with Crippen LogP contribution >= 0.6 is 11.8 Å². The van der Waals surface area contributed by atoms with Gasteiger partial charge >= 0.3 is 0 Å². The van der Waals surface area contributed by atoms with Crippen LogP contribution in [0.25, 0.3) is 0 Å². The van der Waals surface area contributed by atoms with Gasteiger partial charge in [-0.1, -0.05) is 42.1 Å². The molecule has 0 unspecified atom stereocenters. The van der Waals surface area contributed by atoms with Gasteiger partial charge in [0.15, 0.2) is 5.16 Å². The van der Waals surface area contributed by atoms with Crippen LogP contribution in [0.2, 0.25) is 0 Å². The van der Waals surface area contributed by atoms with E-state index < -0.39 is 0 Å². The van der Waals surface area contributed by atoms with Crippen molar-refractivity contribution in [3.05, 3.63) is 48.3 Å². The van der Waals surface area contributed by atoms with E-state index >= 15 is 0 Å². The van der Waals surface area contributed by atoms with Crippen molar-refractivity contribution < 1.29 is 4.79 Å². The van der Waals surface area contributed by atoms with Crippen LogP contribution in [-0.2, 0) is 4.79 Å². The number of nitrogens with one attached hydrogen (secondary N) is 1. The van der Waals surface area contributed by atoms with Crippen LogP contribution in [0.5, 0.6) is 0 Å². The first kappa shape index (κ1) is 13.9. The molecular formula is C17H19N3OS. The minimum Gasteiger partial charge on any atom is -0.352 e. The fourth-order valence-electron chi connectivity index (χ4n) is 2.53. The highest BCUT2D eigenvalue weighted by Gasteiger charge is 2.32. The Balaban J connectivity index is 1.58. The highest BCUT2D eigenvalue weighted by Crippen LogP contribution is 2.41. The molecule has 1 aromatic carbocycles. The van der Waals surface area contributed by atoms with E-state index in [0.29, 0.717) is 12.1 Å². The molecule has 22 heavy (non-hydrogen) atoms. The van der Waals surface area contributed by atoms with E-state index in [4.69, 9.17) is 0 Å². The molecule has 114 valence electrons. The molecule has 2 aliphatic rings. The maximum absolute atomic E-state index is 12.6. The van der Waals surface area contributed by atoms with Gasteiger partial charge in [0, 0.05) is 24.5 Å². The second kappa shape index (κ2) is 5.80. The van der Waals surface area contributed by atoms with Crippen molar-refractivity contribution in [2.24, 2.45) is 0 Å². The lowest BCUT2D eigenvalue weighted by Gasteiger charge is -2.17. The fraction of sp³-hybridized carbons (Fsp3) is 0.412. The van der Waals surface area contributed by atoms with Crippen molar-refractivity contribution in [2.45, 2.75) is 48.2 Å². The number of carbonyl (C=O) groups excluding carboxylic acids is 1. The first-order valence-electron chi connectivity index (χ1n) is 7.86. The predicted molar refractivity (Wildman–Crippen MR) is 86.7 cm³/mol. The van der Waals surface area contributed by atoms with Gasteiger partial charge in [-0.25, -0.2) is 4.98 Å². The van der Waals surface area contributed by atoms with Gasteiger partial charge in [-0.2, -0.15) is 0 Å². The lowest BCUT2D eigenvalue weighted by Crippen LogP contribution is -2.29. The second-order valence-electron chi connectivity index (χ2n) is 6.04. The summed E-state index contributed by atoms with van der Waals surface area (Å²) in [7, 11) is 0. The topological polar surface area (TPSA) is 46.9 Å². The first-order chi connectivity index (χ1) is 10.8. The average Bonchev–Trinajstić information content (AvgIpc) is 3.47. The highest BCUT2D eigenvalue weighted by atomic mass is 32.2. The molecule has 0 bridgehead atoms. The van der Waals surface area contributed by atoms with E-state index in [9.17, 15) is 4.79 Å². The number of amides is 1. The molecule has 0 spiro atoms. The maximum atomic E-state index is 12.6. The number of nitrogens with zero attached hydrogens (tertiary/aromatic N) is 2. The molecular weight excluding hydrogens is 294 g/mol. The van der Waals surface area contributed by atoms with E-state index in [1.54, 1.807) is 11.8 Å². The normalized spacial score (nSPS) is 18.9. The van der Waals surface area contributed by atoms with Gasteiger partial charge in [0.25, 0.3) is 0 Å². The lowest BCUT2D eigenvalue weighted by molar-refractivity contribution is -0.120. The van der Waals surface area contributed by atoms with E-state index in [2.05, 4.69) is 14.9 Å². The summed E-state index contributed by atoms with van der Waals surface area (Å²) in [6.45, 7) is 0. The van der Waals surface area contributed by atoms with Crippen LogP contribution in [0.1, 0.15) is 42.5 Å². The second-order valence-corrected chi connectivity index (χ2v) is 7.11. The number of imidazole rings is 1. The molecule has 0 aliphatic heterocycles. The average molecular weight is 313 g/mol. The SMILES string of the molecule is O=C(NC1CC1)[C@H](Sc1nccn1C1CC1)c1ccccc1. The highest BCUT2D eigenvalue weighted by molar-refractivity contribution is 8.00.